The van der Waals surface area contributed by atoms with Crippen LogP contribution in [-0.4, -0.2) is 40.9 Å². The Labute approximate surface area is 277 Å². The Morgan fingerprint density at radius 2 is 1.29 bits per heavy atom. The lowest BCUT2D eigenvalue weighted by molar-refractivity contribution is -0.120. The Bertz CT molecular complexity index is 1720. The number of carbonyl (C=O) groups is 2. The molecule has 0 bridgehead atoms. The van der Waals surface area contributed by atoms with E-state index < -0.39 is 5.95 Å². The fraction of sp³-hybridized carbons (Fsp3) is 0.212. The third-order valence-corrected chi connectivity index (χ3v) is 8.15. The largest absolute Gasteiger partial charge is 0.320 e. The van der Waals surface area contributed by atoms with Gasteiger partial charge in [0.2, 0.25) is 17.8 Å². The quantitative estimate of drug-likeness (QED) is 0.257. The molecule has 12 heteroatoms. The van der Waals surface area contributed by atoms with E-state index in [9.17, 15) is 14.0 Å². The first-order chi connectivity index (χ1) is 21.7. The maximum atomic E-state index is 12.6. The second-order valence-corrected chi connectivity index (χ2v) is 12.0. The number of amides is 2. The number of hydrogen-bond donors (Lipinski definition) is 1. The molecule has 2 aromatic heterocycles. The van der Waals surface area contributed by atoms with E-state index >= 15 is 0 Å². The maximum Gasteiger partial charge on any atom is 0.243 e. The number of pyridine rings is 2. The molecule has 6 rings (SSSR count). The Kier molecular flexibility index (Phi) is 11.9. The van der Waals surface area contributed by atoms with Gasteiger partial charge in [-0.2, -0.15) is 14.9 Å². The zero-order chi connectivity index (χ0) is 32.3. The highest BCUT2D eigenvalue weighted by Gasteiger charge is 2.33. The highest BCUT2D eigenvalue weighted by Crippen LogP contribution is 2.28. The summed E-state index contributed by atoms with van der Waals surface area (Å²) in [6.07, 6.45) is 5.03. The number of benzene rings is 2. The molecule has 0 radical (unpaired) electrons. The summed E-state index contributed by atoms with van der Waals surface area (Å²) in [6.45, 7) is 1.45. The summed E-state index contributed by atoms with van der Waals surface area (Å²) in [4.78, 5) is 35.2. The number of halogens is 3. The molecule has 2 unspecified atom stereocenters. The van der Waals surface area contributed by atoms with Gasteiger partial charge in [0.25, 0.3) is 0 Å². The normalized spacial score (nSPS) is 17.0. The molecule has 2 saturated heterocycles. The van der Waals surface area contributed by atoms with Crippen molar-refractivity contribution in [1.29, 1.82) is 10.5 Å². The van der Waals surface area contributed by atoms with Crippen LogP contribution in [0.1, 0.15) is 29.7 Å². The predicted octanol–water partition coefficient (Wildman–Crippen LogP) is 5.92. The molecule has 2 aromatic carbocycles. The summed E-state index contributed by atoms with van der Waals surface area (Å²) < 4.78 is 14.1. The summed E-state index contributed by atoms with van der Waals surface area (Å²) in [5.41, 5.74) is 9.16. The van der Waals surface area contributed by atoms with Gasteiger partial charge in [0, 0.05) is 69.9 Å². The van der Waals surface area contributed by atoms with Crippen LogP contribution in [0.15, 0.2) is 94.1 Å². The highest BCUT2D eigenvalue weighted by molar-refractivity contribution is 9.10. The number of nitrogens with two attached hydrogens (primary N) is 1. The third kappa shape index (κ3) is 9.25. The highest BCUT2D eigenvalue weighted by atomic mass is 79.9. The van der Waals surface area contributed by atoms with E-state index in [1.807, 2.05) is 53.4 Å². The van der Waals surface area contributed by atoms with Crippen molar-refractivity contribution < 1.29 is 14.0 Å². The predicted molar refractivity (Wildman–Crippen MR) is 175 cm³/mol. The first kappa shape index (κ1) is 33.4. The summed E-state index contributed by atoms with van der Waals surface area (Å²) in [6, 6.07) is 25.0. The number of rotatable bonds is 4. The van der Waals surface area contributed by atoms with Gasteiger partial charge < -0.3 is 15.5 Å². The van der Waals surface area contributed by atoms with Crippen molar-refractivity contribution in [3.63, 3.8) is 0 Å². The summed E-state index contributed by atoms with van der Waals surface area (Å²) >= 11 is 6.75. The second kappa shape index (κ2) is 16.0. The van der Waals surface area contributed by atoms with Crippen LogP contribution in [0.5, 0.6) is 0 Å². The van der Waals surface area contributed by atoms with Crippen LogP contribution in [0, 0.1) is 34.5 Å². The standard InChI is InChI=1S/C17H14BrN3O.C10H11BrN2O.C6H3FN2/c18-14-1-3-16(4-2-14)21-8-6-13(17(21)22)10-15-9-12(11-19)5-7-20-15;11-7-1-3-8(4-2-7)13-6-5-9(12)10(13)14;7-6-3-5(4-8)1-2-9-6/h1-5,7,9,13H,6,8,10H2;1-4,9H,5-6,12H2;1-3H. The summed E-state index contributed by atoms with van der Waals surface area (Å²) in [7, 11) is 0. The smallest absolute Gasteiger partial charge is 0.243 e. The fourth-order valence-electron chi connectivity index (χ4n) is 4.77. The first-order valence-electron chi connectivity index (χ1n) is 13.9. The summed E-state index contributed by atoms with van der Waals surface area (Å²) in [5, 5.41) is 17.1. The Hall–Kier alpha value is -4.49. The Balaban J connectivity index is 0.000000171. The Morgan fingerprint density at radius 3 is 1.78 bits per heavy atom. The molecule has 2 aliphatic heterocycles. The van der Waals surface area contributed by atoms with Gasteiger partial charge in [-0.3, -0.25) is 14.6 Å². The average Bonchev–Trinajstić information content (AvgIpc) is 3.58. The number of anilines is 2. The Morgan fingerprint density at radius 1 is 0.778 bits per heavy atom. The SMILES string of the molecule is N#Cc1ccnc(CC2CCN(c3ccc(Br)cc3)C2=O)c1.N#Cc1ccnc(F)c1.NC1CCN(c2ccc(Br)cc2)C1=O. The minimum absolute atomic E-state index is 0.0207. The van der Waals surface area contributed by atoms with Gasteiger partial charge in [0.15, 0.2) is 0 Å². The van der Waals surface area contributed by atoms with Gasteiger partial charge in [-0.15, -0.1) is 0 Å². The van der Waals surface area contributed by atoms with Crippen LogP contribution in [0.25, 0.3) is 0 Å². The van der Waals surface area contributed by atoms with Gasteiger partial charge in [-0.25, -0.2) is 4.98 Å². The lowest BCUT2D eigenvalue weighted by Gasteiger charge is -2.17. The van der Waals surface area contributed by atoms with Crippen molar-refractivity contribution in [3.05, 3.63) is 117 Å². The van der Waals surface area contributed by atoms with Crippen molar-refractivity contribution in [2.75, 3.05) is 22.9 Å². The van der Waals surface area contributed by atoms with Crippen LogP contribution in [-0.2, 0) is 16.0 Å². The molecular formula is C33H28Br2FN7O2. The maximum absolute atomic E-state index is 12.6. The number of hydrogen-bond acceptors (Lipinski definition) is 7. The van der Waals surface area contributed by atoms with Crippen molar-refractivity contribution in [1.82, 2.24) is 9.97 Å². The van der Waals surface area contributed by atoms with Crippen molar-refractivity contribution >= 4 is 55.0 Å². The number of carbonyl (C=O) groups excluding carboxylic acids is 2. The van der Waals surface area contributed by atoms with Crippen LogP contribution < -0.4 is 15.5 Å². The zero-order valence-corrected chi connectivity index (χ0v) is 27.2. The van der Waals surface area contributed by atoms with Crippen LogP contribution in [0.3, 0.4) is 0 Å². The lowest BCUT2D eigenvalue weighted by atomic mass is 10.0. The van der Waals surface area contributed by atoms with Gasteiger partial charge in [0.1, 0.15) is 0 Å². The van der Waals surface area contributed by atoms with Crippen LogP contribution >= 0.6 is 31.9 Å². The van der Waals surface area contributed by atoms with E-state index in [-0.39, 0.29) is 23.8 Å². The average molecular weight is 733 g/mol. The van der Waals surface area contributed by atoms with E-state index in [4.69, 9.17) is 16.3 Å². The van der Waals surface area contributed by atoms with E-state index in [1.165, 1.54) is 12.3 Å². The van der Waals surface area contributed by atoms with Crippen LogP contribution in [0.2, 0.25) is 0 Å². The molecule has 2 N–H and O–H groups in total. The van der Waals surface area contributed by atoms with E-state index in [0.29, 0.717) is 17.5 Å². The van der Waals surface area contributed by atoms with E-state index in [2.05, 4.69) is 47.9 Å². The van der Waals surface area contributed by atoms with Crippen molar-refractivity contribution in [2.45, 2.75) is 25.3 Å². The molecule has 2 aliphatic rings. The molecule has 4 aromatic rings. The summed E-state index contributed by atoms with van der Waals surface area (Å²) in [5.74, 6) is -0.530. The second-order valence-electron chi connectivity index (χ2n) is 10.1. The number of nitriles is 2. The number of aromatic nitrogens is 2. The molecule has 2 amide bonds. The molecular weight excluding hydrogens is 705 g/mol. The number of nitrogens with zero attached hydrogens (tertiary/aromatic N) is 6. The monoisotopic (exact) mass is 731 g/mol. The van der Waals surface area contributed by atoms with Crippen molar-refractivity contribution in [2.24, 2.45) is 11.7 Å². The molecule has 0 spiro atoms. The zero-order valence-electron chi connectivity index (χ0n) is 24.0. The first-order valence-corrected chi connectivity index (χ1v) is 15.5. The molecule has 0 aliphatic carbocycles. The van der Waals surface area contributed by atoms with E-state index in [1.54, 1.807) is 29.3 Å². The van der Waals surface area contributed by atoms with Gasteiger partial charge >= 0.3 is 0 Å². The lowest BCUT2D eigenvalue weighted by Crippen LogP contribution is -2.33. The van der Waals surface area contributed by atoms with Crippen LogP contribution in [0.4, 0.5) is 15.8 Å². The molecule has 45 heavy (non-hydrogen) atoms. The van der Waals surface area contributed by atoms with Crippen molar-refractivity contribution in [3.8, 4) is 12.1 Å². The third-order valence-electron chi connectivity index (χ3n) is 7.10. The minimum Gasteiger partial charge on any atom is -0.320 e. The molecule has 2 atom stereocenters. The van der Waals surface area contributed by atoms with Gasteiger partial charge in [0.05, 0.1) is 29.3 Å². The fourth-order valence-corrected chi connectivity index (χ4v) is 5.30. The van der Waals surface area contributed by atoms with Gasteiger partial charge in [-0.1, -0.05) is 31.9 Å². The van der Waals surface area contributed by atoms with E-state index in [0.717, 1.165) is 58.0 Å². The minimum atomic E-state index is -0.617. The molecule has 4 heterocycles. The topological polar surface area (TPSA) is 140 Å². The molecule has 2 fully saturated rings. The molecule has 0 saturated carbocycles. The molecule has 9 nitrogen and oxygen atoms in total. The van der Waals surface area contributed by atoms with Gasteiger partial charge in [-0.05, 0) is 79.6 Å². The molecule has 228 valence electrons.